The predicted octanol–water partition coefficient (Wildman–Crippen LogP) is 9.15. The van der Waals surface area contributed by atoms with Gasteiger partial charge in [0.05, 0.1) is 6.10 Å². The second-order valence-corrected chi connectivity index (χ2v) is 14.8. The van der Waals surface area contributed by atoms with E-state index in [1.165, 1.54) is 70.6 Å². The standard InChI is InChI=1S/C31H56O/c1-21(2)11-10-12-22(3)23-15-19-31(8)25-13-14-26-28(4,5)27(32-9)17-18-29(26,6)24(25)16-20-30(23,31)7/h21-27H,10-20H2,1-9H3/t22-,23-,24+,25-,26+,27+,29-,30-,31+/m1/s1. The fourth-order valence-corrected chi connectivity index (χ4v) is 10.9. The molecule has 0 amide bonds. The maximum absolute atomic E-state index is 6.03. The van der Waals surface area contributed by atoms with Gasteiger partial charge in [-0.1, -0.05) is 74.7 Å². The van der Waals surface area contributed by atoms with Crippen LogP contribution < -0.4 is 0 Å². The van der Waals surface area contributed by atoms with Crippen molar-refractivity contribution in [2.45, 2.75) is 132 Å². The summed E-state index contributed by atoms with van der Waals surface area (Å²) in [6.45, 7) is 20.7. The molecule has 0 aliphatic heterocycles. The SMILES string of the molecule is CO[C@H]1CC[C@]2(C)[C@H]3CC[C@]4(C)[C@@H]([C@H](C)CCCC(C)C)CC[C@@]4(C)[C@@H]3CC[C@H]2C1(C)C. The molecule has 0 spiro atoms. The maximum Gasteiger partial charge on any atom is 0.0625 e. The average Bonchev–Trinajstić information content (AvgIpc) is 2.99. The van der Waals surface area contributed by atoms with E-state index in [2.05, 4.69) is 55.4 Å². The van der Waals surface area contributed by atoms with Crippen molar-refractivity contribution in [2.24, 2.45) is 57.2 Å². The normalized spacial score (nSPS) is 48.8. The summed E-state index contributed by atoms with van der Waals surface area (Å²) >= 11 is 0. The third-order valence-electron chi connectivity index (χ3n) is 12.9. The van der Waals surface area contributed by atoms with E-state index < -0.39 is 0 Å². The van der Waals surface area contributed by atoms with E-state index in [0.29, 0.717) is 27.8 Å². The van der Waals surface area contributed by atoms with Crippen LogP contribution in [-0.4, -0.2) is 13.2 Å². The highest BCUT2D eigenvalue weighted by Crippen LogP contribution is 2.74. The third-order valence-corrected chi connectivity index (χ3v) is 12.9. The summed E-state index contributed by atoms with van der Waals surface area (Å²) in [6, 6.07) is 0. The van der Waals surface area contributed by atoms with Crippen molar-refractivity contribution < 1.29 is 4.74 Å². The number of fused-ring (bicyclic) bond motifs is 5. The van der Waals surface area contributed by atoms with E-state index in [4.69, 9.17) is 4.74 Å². The molecule has 0 aromatic heterocycles. The second-order valence-electron chi connectivity index (χ2n) is 14.8. The van der Waals surface area contributed by atoms with Gasteiger partial charge in [0, 0.05) is 7.11 Å². The molecule has 4 saturated carbocycles. The first-order chi connectivity index (χ1) is 14.9. The van der Waals surface area contributed by atoms with E-state index >= 15 is 0 Å². The van der Waals surface area contributed by atoms with Crippen LogP contribution in [0.1, 0.15) is 126 Å². The lowest BCUT2D eigenvalue weighted by molar-refractivity contribution is -0.204. The van der Waals surface area contributed by atoms with Gasteiger partial charge < -0.3 is 4.74 Å². The van der Waals surface area contributed by atoms with Gasteiger partial charge in [-0.15, -0.1) is 0 Å². The molecule has 4 fully saturated rings. The van der Waals surface area contributed by atoms with Gasteiger partial charge in [-0.25, -0.2) is 0 Å². The highest BCUT2D eigenvalue weighted by Gasteiger charge is 2.67. The van der Waals surface area contributed by atoms with Gasteiger partial charge in [0.25, 0.3) is 0 Å². The summed E-state index contributed by atoms with van der Waals surface area (Å²) in [5.41, 5.74) is 1.96. The molecular formula is C31H56O. The summed E-state index contributed by atoms with van der Waals surface area (Å²) in [7, 11) is 1.95. The van der Waals surface area contributed by atoms with Crippen LogP contribution in [0.5, 0.6) is 0 Å². The molecule has 9 atom stereocenters. The van der Waals surface area contributed by atoms with Crippen LogP contribution >= 0.6 is 0 Å². The zero-order chi connectivity index (χ0) is 23.5. The van der Waals surface area contributed by atoms with Crippen molar-refractivity contribution in [3.63, 3.8) is 0 Å². The Morgan fingerprint density at radius 3 is 2.09 bits per heavy atom. The Kier molecular flexibility index (Phi) is 6.71. The first-order valence-corrected chi connectivity index (χ1v) is 14.4. The Labute approximate surface area is 201 Å². The number of ether oxygens (including phenoxy) is 1. The van der Waals surface area contributed by atoms with Crippen molar-refractivity contribution in [2.75, 3.05) is 7.11 Å². The number of methoxy groups -OCH3 is 1. The first-order valence-electron chi connectivity index (χ1n) is 14.4. The van der Waals surface area contributed by atoms with Crippen molar-refractivity contribution >= 4 is 0 Å². The van der Waals surface area contributed by atoms with Crippen molar-refractivity contribution in [3.05, 3.63) is 0 Å². The van der Waals surface area contributed by atoms with Crippen LogP contribution in [-0.2, 0) is 4.74 Å². The van der Waals surface area contributed by atoms with Crippen molar-refractivity contribution in [1.29, 1.82) is 0 Å². The van der Waals surface area contributed by atoms with Crippen LogP contribution in [0.2, 0.25) is 0 Å². The lowest BCUT2D eigenvalue weighted by Gasteiger charge is -2.67. The molecule has 1 heteroatoms. The van der Waals surface area contributed by atoms with Crippen molar-refractivity contribution in [1.82, 2.24) is 0 Å². The predicted molar refractivity (Wildman–Crippen MR) is 138 cm³/mol. The number of hydrogen-bond acceptors (Lipinski definition) is 1. The number of rotatable bonds is 6. The summed E-state index contributed by atoms with van der Waals surface area (Å²) in [5.74, 6) is 5.43. The smallest absolute Gasteiger partial charge is 0.0625 e. The fraction of sp³-hybridized carbons (Fsp3) is 1.00. The Bertz CT molecular complexity index is 665. The molecule has 4 aliphatic rings. The van der Waals surface area contributed by atoms with Gasteiger partial charge in [-0.2, -0.15) is 0 Å². The van der Waals surface area contributed by atoms with Crippen LogP contribution in [0.3, 0.4) is 0 Å². The largest absolute Gasteiger partial charge is 0.381 e. The average molecular weight is 445 g/mol. The van der Waals surface area contributed by atoms with Crippen LogP contribution in [0.25, 0.3) is 0 Å². The topological polar surface area (TPSA) is 9.23 Å². The molecule has 1 nitrogen and oxygen atoms in total. The molecule has 0 heterocycles. The van der Waals surface area contributed by atoms with Crippen LogP contribution in [0, 0.1) is 57.2 Å². The van der Waals surface area contributed by atoms with Crippen LogP contribution in [0.4, 0.5) is 0 Å². The summed E-state index contributed by atoms with van der Waals surface area (Å²) < 4.78 is 6.03. The Morgan fingerprint density at radius 1 is 0.750 bits per heavy atom. The zero-order valence-electron chi connectivity index (χ0n) is 23.2. The van der Waals surface area contributed by atoms with Crippen LogP contribution in [0.15, 0.2) is 0 Å². The molecule has 0 unspecified atom stereocenters. The van der Waals surface area contributed by atoms with Gasteiger partial charge in [-0.05, 0) is 109 Å². The minimum Gasteiger partial charge on any atom is -0.381 e. The molecule has 0 N–H and O–H groups in total. The second kappa shape index (κ2) is 8.57. The minimum absolute atomic E-state index is 0.317. The van der Waals surface area contributed by atoms with E-state index in [1.807, 2.05) is 7.11 Å². The lowest BCUT2D eigenvalue weighted by atomic mass is 9.38. The summed E-state index contributed by atoms with van der Waals surface area (Å²) in [4.78, 5) is 0. The molecule has 0 saturated heterocycles. The summed E-state index contributed by atoms with van der Waals surface area (Å²) in [5, 5.41) is 0. The van der Waals surface area contributed by atoms with E-state index in [-0.39, 0.29) is 0 Å². The Morgan fingerprint density at radius 2 is 1.44 bits per heavy atom. The number of hydrogen-bond donors (Lipinski definition) is 0. The zero-order valence-corrected chi connectivity index (χ0v) is 23.2. The van der Waals surface area contributed by atoms with Gasteiger partial charge in [0.1, 0.15) is 0 Å². The Hall–Kier alpha value is -0.0400. The monoisotopic (exact) mass is 444 g/mol. The molecular weight excluding hydrogens is 388 g/mol. The van der Waals surface area contributed by atoms with E-state index in [0.717, 1.165) is 35.5 Å². The maximum atomic E-state index is 6.03. The molecule has 0 radical (unpaired) electrons. The van der Waals surface area contributed by atoms with Crippen molar-refractivity contribution in [3.8, 4) is 0 Å². The van der Waals surface area contributed by atoms with Gasteiger partial charge in [-0.3, -0.25) is 0 Å². The van der Waals surface area contributed by atoms with E-state index in [9.17, 15) is 0 Å². The first kappa shape index (κ1) is 25.1. The quantitative estimate of drug-likeness (QED) is 0.397. The summed E-state index contributed by atoms with van der Waals surface area (Å²) in [6.07, 6.45) is 16.3. The molecule has 186 valence electrons. The molecule has 0 aromatic rings. The minimum atomic E-state index is 0.317. The fourth-order valence-electron chi connectivity index (χ4n) is 10.9. The van der Waals surface area contributed by atoms with Gasteiger partial charge in [0.15, 0.2) is 0 Å². The third kappa shape index (κ3) is 3.56. The molecule has 4 rings (SSSR count). The lowest BCUT2D eigenvalue weighted by Crippen LogP contribution is -2.61. The van der Waals surface area contributed by atoms with E-state index in [1.54, 1.807) is 0 Å². The molecule has 0 bridgehead atoms. The Balaban J connectivity index is 1.55. The molecule has 32 heavy (non-hydrogen) atoms. The molecule has 4 aliphatic carbocycles. The highest BCUT2D eigenvalue weighted by atomic mass is 16.5. The van der Waals surface area contributed by atoms with Gasteiger partial charge >= 0.3 is 0 Å². The molecule has 0 aromatic carbocycles. The highest BCUT2D eigenvalue weighted by molar-refractivity contribution is 5.16. The van der Waals surface area contributed by atoms with Gasteiger partial charge in [0.2, 0.25) is 0 Å².